The van der Waals surface area contributed by atoms with Gasteiger partial charge in [-0.25, -0.2) is 0 Å². The third kappa shape index (κ3) is 2.36. The first-order chi connectivity index (χ1) is 9.16. The molecule has 1 fully saturated rings. The highest BCUT2D eigenvalue weighted by atomic mass is 16.5. The number of rotatable bonds is 1. The predicted molar refractivity (Wildman–Crippen MR) is 72.6 cm³/mol. The summed E-state index contributed by atoms with van der Waals surface area (Å²) in [7, 11) is 0. The number of nitrogens with zero attached hydrogens (tertiary/aromatic N) is 1. The van der Waals surface area contributed by atoms with E-state index in [-0.39, 0.29) is 6.04 Å². The van der Waals surface area contributed by atoms with Crippen LogP contribution in [-0.4, -0.2) is 49.0 Å². The van der Waals surface area contributed by atoms with E-state index in [9.17, 15) is 5.11 Å². The molecular formula is C15H21NO3. The van der Waals surface area contributed by atoms with Crippen molar-refractivity contribution in [1.29, 1.82) is 0 Å². The van der Waals surface area contributed by atoms with E-state index in [0.717, 1.165) is 43.2 Å². The van der Waals surface area contributed by atoms with Crippen LogP contribution in [0.5, 0.6) is 5.75 Å². The standard InChI is InChI=1S/C15H21NO3/c1-10-7-11(2)14-13(8-10)19-9-12(15(14)17)16-3-5-18-6-4-16/h7-8,12,15,17H,3-6,9H2,1-2H3. The Morgan fingerprint density at radius 1 is 1.21 bits per heavy atom. The molecule has 4 heteroatoms. The number of ether oxygens (including phenoxy) is 2. The van der Waals surface area contributed by atoms with Crippen molar-refractivity contribution in [3.8, 4) is 5.75 Å². The molecular weight excluding hydrogens is 242 g/mol. The van der Waals surface area contributed by atoms with Crippen LogP contribution in [0.3, 0.4) is 0 Å². The van der Waals surface area contributed by atoms with E-state index in [2.05, 4.69) is 17.9 Å². The zero-order chi connectivity index (χ0) is 13.4. The molecule has 0 aromatic heterocycles. The summed E-state index contributed by atoms with van der Waals surface area (Å²) in [6.45, 7) is 7.86. The number of benzene rings is 1. The van der Waals surface area contributed by atoms with E-state index in [1.807, 2.05) is 13.0 Å². The first kappa shape index (κ1) is 12.9. The topological polar surface area (TPSA) is 41.9 Å². The average molecular weight is 263 g/mol. The average Bonchev–Trinajstić information content (AvgIpc) is 2.39. The molecule has 0 amide bonds. The number of aliphatic hydroxyl groups is 1. The summed E-state index contributed by atoms with van der Waals surface area (Å²) in [5.41, 5.74) is 3.24. The molecule has 1 aromatic carbocycles. The third-order valence-electron chi connectivity index (χ3n) is 4.08. The maximum atomic E-state index is 10.7. The van der Waals surface area contributed by atoms with Gasteiger partial charge in [0.1, 0.15) is 18.5 Å². The van der Waals surface area contributed by atoms with Crippen molar-refractivity contribution in [1.82, 2.24) is 4.90 Å². The van der Waals surface area contributed by atoms with Crippen molar-refractivity contribution in [3.63, 3.8) is 0 Å². The lowest BCUT2D eigenvalue weighted by atomic mass is 9.92. The summed E-state index contributed by atoms with van der Waals surface area (Å²) >= 11 is 0. The Hall–Kier alpha value is -1.10. The predicted octanol–water partition coefficient (Wildman–Crippen LogP) is 1.43. The number of aliphatic hydroxyl groups excluding tert-OH is 1. The highest BCUT2D eigenvalue weighted by Crippen LogP contribution is 2.37. The molecule has 0 aliphatic carbocycles. The van der Waals surface area contributed by atoms with E-state index >= 15 is 0 Å². The van der Waals surface area contributed by atoms with Crippen LogP contribution in [0.25, 0.3) is 0 Å². The molecule has 2 atom stereocenters. The fourth-order valence-corrected chi connectivity index (χ4v) is 3.11. The SMILES string of the molecule is Cc1cc(C)c2c(c1)OCC(N1CCOCC1)C2O. The fraction of sp³-hybridized carbons (Fsp3) is 0.600. The van der Waals surface area contributed by atoms with Crippen LogP contribution in [0.4, 0.5) is 0 Å². The Morgan fingerprint density at radius 3 is 2.68 bits per heavy atom. The summed E-state index contributed by atoms with van der Waals surface area (Å²) in [5, 5.41) is 10.7. The van der Waals surface area contributed by atoms with Crippen LogP contribution in [0.2, 0.25) is 0 Å². The van der Waals surface area contributed by atoms with Gasteiger partial charge in [0, 0.05) is 18.7 Å². The molecule has 0 saturated carbocycles. The van der Waals surface area contributed by atoms with Crippen LogP contribution in [0.1, 0.15) is 22.8 Å². The summed E-state index contributed by atoms with van der Waals surface area (Å²) in [5.74, 6) is 0.842. The molecule has 1 N–H and O–H groups in total. The van der Waals surface area contributed by atoms with Crippen molar-refractivity contribution < 1.29 is 14.6 Å². The van der Waals surface area contributed by atoms with Crippen LogP contribution < -0.4 is 4.74 Å². The summed E-state index contributed by atoms with van der Waals surface area (Å²) < 4.78 is 11.2. The van der Waals surface area contributed by atoms with Gasteiger partial charge < -0.3 is 14.6 Å². The summed E-state index contributed by atoms with van der Waals surface area (Å²) in [6, 6.07) is 4.16. The second-order valence-electron chi connectivity index (χ2n) is 5.47. The lowest BCUT2D eigenvalue weighted by Gasteiger charge is -2.40. The molecule has 2 aliphatic rings. The number of morpholine rings is 1. The van der Waals surface area contributed by atoms with Crippen LogP contribution in [0.15, 0.2) is 12.1 Å². The molecule has 104 valence electrons. The lowest BCUT2D eigenvalue weighted by molar-refractivity contribution is -0.0456. The molecule has 1 saturated heterocycles. The Bertz CT molecular complexity index is 469. The van der Waals surface area contributed by atoms with Gasteiger partial charge in [0.2, 0.25) is 0 Å². The molecule has 2 unspecified atom stereocenters. The molecule has 4 nitrogen and oxygen atoms in total. The maximum Gasteiger partial charge on any atom is 0.125 e. The van der Waals surface area contributed by atoms with Gasteiger partial charge in [0.25, 0.3) is 0 Å². The second-order valence-corrected chi connectivity index (χ2v) is 5.47. The first-order valence-corrected chi connectivity index (χ1v) is 6.90. The van der Waals surface area contributed by atoms with Crippen LogP contribution >= 0.6 is 0 Å². The molecule has 0 radical (unpaired) electrons. The number of hydrogen-bond donors (Lipinski definition) is 1. The number of fused-ring (bicyclic) bond motifs is 1. The van der Waals surface area contributed by atoms with Crippen LogP contribution in [-0.2, 0) is 4.74 Å². The maximum absolute atomic E-state index is 10.7. The van der Waals surface area contributed by atoms with Crippen molar-refractivity contribution in [3.05, 3.63) is 28.8 Å². The highest BCUT2D eigenvalue weighted by Gasteiger charge is 2.35. The van der Waals surface area contributed by atoms with Crippen molar-refractivity contribution in [2.45, 2.75) is 26.0 Å². The van der Waals surface area contributed by atoms with Gasteiger partial charge in [0.15, 0.2) is 0 Å². The zero-order valence-corrected chi connectivity index (χ0v) is 11.6. The van der Waals surface area contributed by atoms with E-state index in [4.69, 9.17) is 9.47 Å². The van der Waals surface area contributed by atoms with Gasteiger partial charge in [-0.1, -0.05) is 6.07 Å². The monoisotopic (exact) mass is 263 g/mol. The quantitative estimate of drug-likeness (QED) is 0.832. The molecule has 2 aliphatic heterocycles. The normalized spacial score (nSPS) is 27.7. The minimum Gasteiger partial charge on any atom is -0.491 e. The zero-order valence-electron chi connectivity index (χ0n) is 11.6. The smallest absolute Gasteiger partial charge is 0.125 e. The minimum absolute atomic E-state index is 0.0396. The molecule has 19 heavy (non-hydrogen) atoms. The van der Waals surface area contributed by atoms with E-state index < -0.39 is 6.10 Å². The number of hydrogen-bond acceptors (Lipinski definition) is 4. The van der Waals surface area contributed by atoms with Crippen molar-refractivity contribution >= 4 is 0 Å². The van der Waals surface area contributed by atoms with Gasteiger partial charge in [-0.2, -0.15) is 0 Å². The highest BCUT2D eigenvalue weighted by molar-refractivity contribution is 5.46. The van der Waals surface area contributed by atoms with Gasteiger partial charge >= 0.3 is 0 Å². The van der Waals surface area contributed by atoms with Crippen molar-refractivity contribution in [2.24, 2.45) is 0 Å². The van der Waals surface area contributed by atoms with E-state index in [1.165, 1.54) is 5.56 Å². The van der Waals surface area contributed by atoms with Crippen molar-refractivity contribution in [2.75, 3.05) is 32.9 Å². The summed E-state index contributed by atoms with van der Waals surface area (Å²) in [4.78, 5) is 2.27. The Balaban J connectivity index is 1.88. The Morgan fingerprint density at radius 2 is 1.95 bits per heavy atom. The minimum atomic E-state index is -0.470. The van der Waals surface area contributed by atoms with Gasteiger partial charge in [0.05, 0.1) is 19.3 Å². The first-order valence-electron chi connectivity index (χ1n) is 6.90. The van der Waals surface area contributed by atoms with Gasteiger partial charge in [-0.15, -0.1) is 0 Å². The molecule has 0 spiro atoms. The Kier molecular flexibility index (Phi) is 3.48. The fourth-order valence-electron chi connectivity index (χ4n) is 3.11. The van der Waals surface area contributed by atoms with E-state index in [1.54, 1.807) is 0 Å². The van der Waals surface area contributed by atoms with Gasteiger partial charge in [-0.3, -0.25) is 4.90 Å². The van der Waals surface area contributed by atoms with Crippen LogP contribution in [0, 0.1) is 13.8 Å². The van der Waals surface area contributed by atoms with E-state index in [0.29, 0.717) is 6.61 Å². The largest absolute Gasteiger partial charge is 0.491 e. The molecule has 2 heterocycles. The molecule has 3 rings (SSSR count). The second kappa shape index (κ2) is 5.12. The summed E-state index contributed by atoms with van der Waals surface area (Å²) in [6.07, 6.45) is -0.470. The molecule has 1 aromatic rings. The Labute approximate surface area is 113 Å². The molecule has 0 bridgehead atoms. The number of aryl methyl sites for hydroxylation is 2. The van der Waals surface area contributed by atoms with Gasteiger partial charge in [-0.05, 0) is 31.0 Å². The third-order valence-corrected chi connectivity index (χ3v) is 4.08. The lowest BCUT2D eigenvalue weighted by Crippen LogP contribution is -2.50.